The second-order valence-electron chi connectivity index (χ2n) is 6.76. The van der Waals surface area contributed by atoms with Gasteiger partial charge in [0, 0.05) is 10.0 Å². The van der Waals surface area contributed by atoms with Gasteiger partial charge in [-0.05, 0) is 42.5 Å². The predicted molar refractivity (Wildman–Crippen MR) is 124 cm³/mol. The van der Waals surface area contributed by atoms with E-state index in [9.17, 15) is 14.7 Å². The van der Waals surface area contributed by atoms with Gasteiger partial charge in [0.25, 0.3) is 11.5 Å². The van der Waals surface area contributed by atoms with E-state index < -0.39 is 11.5 Å². The number of fused-ring (bicyclic) bond motifs is 1. The van der Waals surface area contributed by atoms with Gasteiger partial charge in [0.05, 0.1) is 22.7 Å². The number of nitrogens with two attached hydrogens (primary N) is 1. The van der Waals surface area contributed by atoms with Gasteiger partial charge in [0.1, 0.15) is 18.1 Å². The first kappa shape index (κ1) is 21.3. The van der Waals surface area contributed by atoms with Crippen LogP contribution in [0.15, 0.2) is 81.1 Å². The third-order valence-electron chi connectivity index (χ3n) is 4.63. The molecule has 0 aliphatic rings. The van der Waals surface area contributed by atoms with Gasteiger partial charge >= 0.3 is 0 Å². The van der Waals surface area contributed by atoms with Crippen LogP contribution in [0.5, 0.6) is 11.5 Å². The van der Waals surface area contributed by atoms with Crippen molar-refractivity contribution in [2.45, 2.75) is 6.61 Å². The van der Waals surface area contributed by atoms with Crippen molar-refractivity contribution < 1.29 is 14.6 Å². The molecule has 0 saturated carbocycles. The molecule has 8 nitrogen and oxygen atoms in total. The number of hydrogen-bond acceptors (Lipinski definition) is 6. The maximum Gasteiger partial charge on any atom is 0.282 e. The van der Waals surface area contributed by atoms with E-state index in [0.717, 1.165) is 9.15 Å². The van der Waals surface area contributed by atoms with Crippen LogP contribution >= 0.6 is 15.9 Å². The monoisotopic (exact) mass is 492 g/mol. The Kier molecular flexibility index (Phi) is 6.00. The lowest BCUT2D eigenvalue weighted by molar-refractivity contribution is 0.0995. The van der Waals surface area contributed by atoms with Crippen molar-refractivity contribution >= 4 is 39.0 Å². The summed E-state index contributed by atoms with van der Waals surface area (Å²) in [5.74, 6) is -0.152. The van der Waals surface area contributed by atoms with Crippen LogP contribution in [-0.4, -0.2) is 26.9 Å². The lowest BCUT2D eigenvalue weighted by Gasteiger charge is -2.12. The number of phenols is 1. The number of aromatic hydroxyl groups is 1. The molecule has 0 spiro atoms. The van der Waals surface area contributed by atoms with Crippen molar-refractivity contribution in [3.63, 3.8) is 0 Å². The molecule has 0 aliphatic heterocycles. The van der Waals surface area contributed by atoms with Gasteiger partial charge in [-0.2, -0.15) is 9.78 Å². The fourth-order valence-corrected chi connectivity index (χ4v) is 3.45. The number of nitrogens with zero attached hydrogens (tertiary/aromatic N) is 3. The summed E-state index contributed by atoms with van der Waals surface area (Å²) in [5.41, 5.74) is 6.11. The summed E-state index contributed by atoms with van der Waals surface area (Å²) in [7, 11) is 0. The third kappa shape index (κ3) is 4.37. The van der Waals surface area contributed by atoms with Gasteiger partial charge in [-0.15, -0.1) is 0 Å². The van der Waals surface area contributed by atoms with E-state index >= 15 is 0 Å². The van der Waals surface area contributed by atoms with E-state index in [-0.39, 0.29) is 29.5 Å². The molecule has 1 amide bonds. The molecule has 0 unspecified atom stereocenters. The number of carbonyl (C=O) groups excluding carboxylic acids is 1. The van der Waals surface area contributed by atoms with E-state index in [2.05, 4.69) is 26.0 Å². The van der Waals surface area contributed by atoms with Crippen molar-refractivity contribution in [3.05, 3.63) is 98.5 Å². The molecule has 0 atom stereocenters. The number of amides is 1. The molecule has 3 aromatic carbocycles. The molecule has 1 heterocycles. The Bertz CT molecular complexity index is 1420. The molecule has 0 radical (unpaired) electrons. The van der Waals surface area contributed by atoms with Crippen molar-refractivity contribution in [3.8, 4) is 11.5 Å². The summed E-state index contributed by atoms with van der Waals surface area (Å²) in [6.07, 6.45) is 1.36. The first-order valence-corrected chi connectivity index (χ1v) is 10.3. The van der Waals surface area contributed by atoms with Crippen LogP contribution < -0.4 is 16.0 Å². The van der Waals surface area contributed by atoms with Crippen molar-refractivity contribution in [2.75, 3.05) is 0 Å². The Hall–Kier alpha value is -3.98. The number of para-hydroxylation sites is 2. The minimum Gasteiger partial charge on any atom is -0.507 e. The highest BCUT2D eigenvalue weighted by Gasteiger charge is 2.14. The zero-order valence-electron chi connectivity index (χ0n) is 16.6. The largest absolute Gasteiger partial charge is 0.507 e. The van der Waals surface area contributed by atoms with Crippen LogP contribution in [0.3, 0.4) is 0 Å². The lowest BCUT2D eigenvalue weighted by atomic mass is 10.2. The van der Waals surface area contributed by atoms with Gasteiger partial charge in [-0.1, -0.05) is 40.2 Å². The molecule has 3 N–H and O–H groups in total. The second kappa shape index (κ2) is 9.03. The summed E-state index contributed by atoms with van der Waals surface area (Å²) in [6, 6.07) is 18.3. The van der Waals surface area contributed by atoms with E-state index in [1.807, 2.05) is 0 Å². The summed E-state index contributed by atoms with van der Waals surface area (Å²) < 4.78 is 7.62. The average Bonchev–Trinajstić information content (AvgIpc) is 2.79. The van der Waals surface area contributed by atoms with E-state index in [0.29, 0.717) is 16.5 Å². The number of ether oxygens (including phenoxy) is 1. The van der Waals surface area contributed by atoms with Gasteiger partial charge in [-0.3, -0.25) is 9.59 Å². The number of phenolic OH excluding ortho intramolecular Hbond substituents is 1. The molecule has 1 aromatic heterocycles. The maximum absolute atomic E-state index is 13.1. The average molecular weight is 493 g/mol. The number of carbonyl (C=O) groups is 1. The number of benzene rings is 3. The Morgan fingerprint density at radius 2 is 1.91 bits per heavy atom. The molecule has 9 heteroatoms. The first-order valence-electron chi connectivity index (χ1n) is 9.49. The number of hydrogen-bond donors (Lipinski definition) is 2. The molecule has 0 fully saturated rings. The lowest BCUT2D eigenvalue weighted by Crippen LogP contribution is -2.24. The second-order valence-corrected chi connectivity index (χ2v) is 7.67. The Balaban J connectivity index is 1.78. The predicted octanol–water partition coefficient (Wildman–Crippen LogP) is 3.42. The fraction of sp³-hybridized carbons (Fsp3) is 0.0435. The number of rotatable bonds is 6. The third-order valence-corrected chi connectivity index (χ3v) is 5.13. The van der Waals surface area contributed by atoms with Gasteiger partial charge in [0.2, 0.25) is 0 Å². The Morgan fingerprint density at radius 1 is 1.16 bits per heavy atom. The van der Waals surface area contributed by atoms with E-state index in [4.69, 9.17) is 10.5 Å². The van der Waals surface area contributed by atoms with Crippen LogP contribution in [-0.2, 0) is 6.61 Å². The van der Waals surface area contributed by atoms with Crippen LogP contribution in [0.4, 0.5) is 0 Å². The summed E-state index contributed by atoms with van der Waals surface area (Å²) in [4.78, 5) is 29.3. The number of primary amides is 1. The normalized spacial score (nSPS) is 11.2. The minimum atomic E-state index is -0.632. The highest BCUT2D eigenvalue weighted by Crippen LogP contribution is 2.21. The molecule has 32 heavy (non-hydrogen) atoms. The smallest absolute Gasteiger partial charge is 0.282 e. The van der Waals surface area contributed by atoms with Crippen LogP contribution in [0.1, 0.15) is 21.7 Å². The van der Waals surface area contributed by atoms with Gasteiger partial charge in [-0.25, -0.2) is 4.98 Å². The number of halogens is 1. The van der Waals surface area contributed by atoms with Crippen molar-refractivity contribution in [1.29, 1.82) is 0 Å². The highest BCUT2D eigenvalue weighted by molar-refractivity contribution is 9.10. The Labute approximate surface area is 190 Å². The Morgan fingerprint density at radius 3 is 2.72 bits per heavy atom. The molecule has 4 rings (SSSR count). The molecular weight excluding hydrogens is 476 g/mol. The molecular formula is C23H17BrN4O4. The fourth-order valence-electron chi connectivity index (χ4n) is 3.07. The van der Waals surface area contributed by atoms with Crippen LogP contribution in [0.25, 0.3) is 10.9 Å². The van der Waals surface area contributed by atoms with Crippen molar-refractivity contribution in [2.24, 2.45) is 10.8 Å². The standard InChI is InChI=1S/C23H17BrN4O4/c24-15-9-10-19(29)14(11-15)12-26-28-21(27-18-7-3-1-5-16(18)23(28)31)13-32-20-8-4-2-6-17(20)22(25)30/h1-12,29H,13H2,(H2,25,30)/b26-12+. The summed E-state index contributed by atoms with van der Waals surface area (Å²) >= 11 is 3.34. The van der Waals surface area contributed by atoms with Crippen LogP contribution in [0.2, 0.25) is 0 Å². The molecule has 0 saturated heterocycles. The molecule has 160 valence electrons. The number of aromatic nitrogens is 2. The topological polar surface area (TPSA) is 120 Å². The molecule has 0 aliphatic carbocycles. The quantitative estimate of drug-likeness (QED) is 0.399. The minimum absolute atomic E-state index is 0.00642. The van der Waals surface area contributed by atoms with Gasteiger partial charge in [0.15, 0.2) is 5.82 Å². The molecule has 4 aromatic rings. The van der Waals surface area contributed by atoms with E-state index in [1.165, 1.54) is 12.3 Å². The molecule has 0 bridgehead atoms. The summed E-state index contributed by atoms with van der Waals surface area (Å²) in [5, 5.41) is 14.7. The first-order chi connectivity index (χ1) is 15.4. The van der Waals surface area contributed by atoms with Gasteiger partial charge < -0.3 is 15.6 Å². The maximum atomic E-state index is 13.1. The van der Waals surface area contributed by atoms with E-state index in [1.54, 1.807) is 60.7 Å². The zero-order chi connectivity index (χ0) is 22.7. The zero-order valence-corrected chi connectivity index (χ0v) is 18.2. The summed E-state index contributed by atoms with van der Waals surface area (Å²) in [6.45, 7) is -0.147. The van der Waals surface area contributed by atoms with Crippen molar-refractivity contribution in [1.82, 2.24) is 9.66 Å². The van der Waals surface area contributed by atoms with Crippen LogP contribution in [0, 0.1) is 0 Å². The highest BCUT2D eigenvalue weighted by atomic mass is 79.9. The SMILES string of the molecule is NC(=O)c1ccccc1OCc1nc2ccccc2c(=O)n1/N=C/c1cc(Br)ccc1O.